The lowest BCUT2D eigenvalue weighted by molar-refractivity contribution is -0.153. The SMILES string of the molecule is CN(c1ccc(OCC(F)(F)F)cc1)c1ccc2c(c1)OCC[C@H]2CCc1cnccc1C(=O)O. The van der Waals surface area contributed by atoms with E-state index >= 15 is 0 Å². The molecule has 4 rings (SSSR count). The van der Waals surface area contributed by atoms with Crippen LogP contribution in [-0.4, -0.2) is 42.5 Å². The van der Waals surface area contributed by atoms with Gasteiger partial charge in [-0.05, 0) is 72.7 Å². The Morgan fingerprint density at radius 2 is 1.91 bits per heavy atom. The number of aromatic nitrogens is 1. The van der Waals surface area contributed by atoms with Crippen LogP contribution in [0.2, 0.25) is 0 Å². The summed E-state index contributed by atoms with van der Waals surface area (Å²) in [7, 11) is 1.86. The fourth-order valence-corrected chi connectivity index (χ4v) is 4.21. The Bertz CT molecular complexity index is 1180. The second-order valence-electron chi connectivity index (χ2n) is 8.39. The topological polar surface area (TPSA) is 71.9 Å². The molecule has 3 aromatic rings. The van der Waals surface area contributed by atoms with E-state index in [2.05, 4.69) is 4.98 Å². The molecular weight excluding hydrogens is 461 g/mol. The van der Waals surface area contributed by atoms with Crippen molar-refractivity contribution in [1.82, 2.24) is 4.98 Å². The Labute approximate surface area is 200 Å². The number of rotatable bonds is 8. The molecule has 0 saturated carbocycles. The minimum atomic E-state index is -4.38. The summed E-state index contributed by atoms with van der Waals surface area (Å²) < 4.78 is 47.7. The maximum atomic E-state index is 12.3. The Balaban J connectivity index is 1.45. The summed E-state index contributed by atoms with van der Waals surface area (Å²) >= 11 is 0. The molecule has 2 heterocycles. The number of halogens is 3. The first kappa shape index (κ1) is 24.4. The first-order valence-corrected chi connectivity index (χ1v) is 11.2. The number of nitrogens with zero attached hydrogens (tertiary/aromatic N) is 2. The number of aromatic carboxylic acids is 1. The van der Waals surface area contributed by atoms with Crippen LogP contribution in [0.25, 0.3) is 0 Å². The molecule has 1 aromatic heterocycles. The van der Waals surface area contributed by atoms with Crippen molar-refractivity contribution in [1.29, 1.82) is 0 Å². The normalized spacial score (nSPS) is 15.1. The van der Waals surface area contributed by atoms with Crippen molar-refractivity contribution >= 4 is 17.3 Å². The molecule has 0 radical (unpaired) electrons. The zero-order valence-corrected chi connectivity index (χ0v) is 19.1. The van der Waals surface area contributed by atoms with E-state index < -0.39 is 18.8 Å². The molecule has 0 amide bonds. The van der Waals surface area contributed by atoms with E-state index in [1.165, 1.54) is 24.4 Å². The molecule has 1 N–H and O–H groups in total. The molecule has 1 aliphatic heterocycles. The van der Waals surface area contributed by atoms with Crippen molar-refractivity contribution in [2.45, 2.75) is 31.4 Å². The van der Waals surface area contributed by atoms with Gasteiger partial charge in [0.1, 0.15) is 11.5 Å². The van der Waals surface area contributed by atoms with Crippen LogP contribution in [0, 0.1) is 0 Å². The molecule has 0 fully saturated rings. The number of hydrogen-bond donors (Lipinski definition) is 1. The quantitative estimate of drug-likeness (QED) is 0.422. The number of carbonyl (C=O) groups is 1. The van der Waals surface area contributed by atoms with Gasteiger partial charge in [-0.1, -0.05) is 6.07 Å². The summed E-state index contributed by atoms with van der Waals surface area (Å²) in [5.74, 6) is 0.198. The number of alkyl halides is 3. The van der Waals surface area contributed by atoms with Gasteiger partial charge >= 0.3 is 12.1 Å². The van der Waals surface area contributed by atoms with E-state index in [0.29, 0.717) is 18.6 Å². The van der Waals surface area contributed by atoms with Crippen molar-refractivity contribution < 1.29 is 32.5 Å². The molecule has 184 valence electrons. The van der Waals surface area contributed by atoms with Crippen LogP contribution in [0.5, 0.6) is 11.5 Å². The Hall–Kier alpha value is -3.75. The van der Waals surface area contributed by atoms with Crippen LogP contribution >= 0.6 is 0 Å². The minimum Gasteiger partial charge on any atom is -0.493 e. The molecule has 1 atom stereocenters. The van der Waals surface area contributed by atoms with E-state index in [1.54, 1.807) is 18.3 Å². The van der Waals surface area contributed by atoms with Crippen LogP contribution in [0.3, 0.4) is 0 Å². The average Bonchev–Trinajstić information content (AvgIpc) is 2.85. The molecule has 1 aliphatic rings. The van der Waals surface area contributed by atoms with E-state index in [0.717, 1.165) is 35.5 Å². The van der Waals surface area contributed by atoms with E-state index in [-0.39, 0.29) is 17.2 Å². The Kier molecular flexibility index (Phi) is 7.14. The van der Waals surface area contributed by atoms with Crippen molar-refractivity contribution in [2.24, 2.45) is 0 Å². The Morgan fingerprint density at radius 3 is 2.63 bits per heavy atom. The van der Waals surface area contributed by atoms with Gasteiger partial charge in [-0.25, -0.2) is 4.79 Å². The van der Waals surface area contributed by atoms with Gasteiger partial charge < -0.3 is 19.5 Å². The monoisotopic (exact) mass is 486 g/mol. The fraction of sp³-hybridized carbons (Fsp3) is 0.308. The van der Waals surface area contributed by atoms with Gasteiger partial charge in [0, 0.05) is 36.9 Å². The van der Waals surface area contributed by atoms with Crippen LogP contribution in [-0.2, 0) is 6.42 Å². The summed E-state index contributed by atoms with van der Waals surface area (Å²) in [4.78, 5) is 17.5. The van der Waals surface area contributed by atoms with Gasteiger partial charge in [-0.2, -0.15) is 13.2 Å². The number of fused-ring (bicyclic) bond motifs is 1. The third kappa shape index (κ3) is 6.03. The van der Waals surface area contributed by atoms with Gasteiger partial charge in [-0.15, -0.1) is 0 Å². The number of carboxylic acid groups (broad SMARTS) is 1. The molecule has 9 heteroatoms. The van der Waals surface area contributed by atoms with Gasteiger partial charge in [0.2, 0.25) is 0 Å². The summed E-state index contributed by atoms with van der Waals surface area (Å²) in [5.41, 5.74) is 3.72. The average molecular weight is 486 g/mol. The molecule has 2 aromatic carbocycles. The fourth-order valence-electron chi connectivity index (χ4n) is 4.21. The number of hydrogen-bond acceptors (Lipinski definition) is 5. The molecule has 35 heavy (non-hydrogen) atoms. The standard InChI is InChI=1S/C26H25F3N2O4/c1-31(19-4-7-21(8-5-19)35-16-26(27,28)29)20-6-9-22-17(11-13-34-24(22)14-20)2-3-18-15-30-12-10-23(18)25(32)33/h4-10,12,14-15,17H,2-3,11,13,16H2,1H3,(H,32,33)/t17-/m1/s1. The highest BCUT2D eigenvalue weighted by Gasteiger charge is 2.28. The van der Waals surface area contributed by atoms with E-state index in [4.69, 9.17) is 9.47 Å². The third-order valence-electron chi connectivity index (χ3n) is 6.07. The van der Waals surface area contributed by atoms with Crippen LogP contribution in [0.4, 0.5) is 24.5 Å². The summed E-state index contributed by atoms with van der Waals surface area (Å²) in [5, 5.41) is 9.41. The largest absolute Gasteiger partial charge is 0.493 e. The molecule has 6 nitrogen and oxygen atoms in total. The van der Waals surface area contributed by atoms with Gasteiger partial charge in [0.25, 0.3) is 0 Å². The zero-order valence-electron chi connectivity index (χ0n) is 19.1. The minimum absolute atomic E-state index is 0.149. The summed E-state index contributed by atoms with van der Waals surface area (Å²) in [6.45, 7) is -0.765. The van der Waals surface area contributed by atoms with Crippen molar-refractivity contribution in [3.05, 3.63) is 77.6 Å². The summed E-state index contributed by atoms with van der Waals surface area (Å²) in [6.07, 6.45) is 0.928. The lowest BCUT2D eigenvalue weighted by atomic mass is 9.87. The van der Waals surface area contributed by atoms with Crippen LogP contribution in [0.15, 0.2) is 60.9 Å². The lowest BCUT2D eigenvalue weighted by Gasteiger charge is -2.28. The smallest absolute Gasteiger partial charge is 0.422 e. The molecular formula is C26H25F3N2O4. The van der Waals surface area contributed by atoms with Crippen LogP contribution < -0.4 is 14.4 Å². The highest BCUT2D eigenvalue weighted by molar-refractivity contribution is 5.89. The number of carboxylic acids is 1. The van der Waals surface area contributed by atoms with E-state index in [9.17, 15) is 23.1 Å². The third-order valence-corrected chi connectivity index (χ3v) is 6.07. The van der Waals surface area contributed by atoms with Gasteiger partial charge in [0.15, 0.2) is 6.61 Å². The van der Waals surface area contributed by atoms with Gasteiger partial charge in [-0.3, -0.25) is 4.98 Å². The van der Waals surface area contributed by atoms with E-state index in [1.807, 2.05) is 30.1 Å². The number of ether oxygens (including phenoxy) is 2. The maximum Gasteiger partial charge on any atom is 0.422 e. The van der Waals surface area contributed by atoms with Crippen molar-refractivity contribution in [3.8, 4) is 11.5 Å². The highest BCUT2D eigenvalue weighted by atomic mass is 19.4. The predicted octanol–water partition coefficient (Wildman–Crippen LogP) is 5.99. The second kappa shape index (κ2) is 10.2. The zero-order chi connectivity index (χ0) is 25.0. The number of pyridine rings is 1. The first-order chi connectivity index (χ1) is 16.7. The highest BCUT2D eigenvalue weighted by Crippen LogP contribution is 2.40. The summed E-state index contributed by atoms with van der Waals surface area (Å²) in [6, 6.07) is 13.9. The number of benzene rings is 2. The number of anilines is 2. The van der Waals surface area contributed by atoms with Crippen LogP contribution in [0.1, 0.15) is 40.2 Å². The van der Waals surface area contributed by atoms with Crippen molar-refractivity contribution in [3.63, 3.8) is 0 Å². The van der Waals surface area contributed by atoms with Gasteiger partial charge in [0.05, 0.1) is 12.2 Å². The number of aryl methyl sites for hydroxylation is 1. The predicted molar refractivity (Wildman–Crippen MR) is 125 cm³/mol. The molecule has 0 saturated heterocycles. The lowest BCUT2D eigenvalue weighted by Crippen LogP contribution is -2.19. The molecule has 0 aliphatic carbocycles. The van der Waals surface area contributed by atoms with Crippen molar-refractivity contribution in [2.75, 3.05) is 25.2 Å². The second-order valence-corrected chi connectivity index (χ2v) is 8.39. The molecule has 0 bridgehead atoms. The molecule has 0 unspecified atom stereocenters. The first-order valence-electron chi connectivity index (χ1n) is 11.2. The maximum absolute atomic E-state index is 12.3. The molecule has 0 spiro atoms. The Morgan fingerprint density at radius 1 is 1.17 bits per heavy atom.